The molecule has 0 aliphatic heterocycles. The molecule has 0 amide bonds. The van der Waals surface area contributed by atoms with Gasteiger partial charge in [-0.1, -0.05) is 12.0 Å². The third-order valence-electron chi connectivity index (χ3n) is 0.447. The van der Waals surface area contributed by atoms with E-state index in [1.54, 1.807) is 0 Å². The van der Waals surface area contributed by atoms with Gasteiger partial charge in [0.2, 0.25) is 5.24 Å². The first-order valence-corrected chi connectivity index (χ1v) is 2.70. The Balaban J connectivity index is -0.000000107. The average molecular weight is 277 g/mol. The van der Waals surface area contributed by atoms with Crippen LogP contribution in [-0.4, -0.2) is 39.7 Å². The fourth-order valence-corrected chi connectivity index (χ4v) is 0.386. The Hall–Kier alpha value is 0.639. The molecule has 0 bridgehead atoms. The van der Waals surface area contributed by atoms with E-state index in [4.69, 9.17) is 22.1 Å². The predicted octanol–water partition coefficient (Wildman–Crippen LogP) is 0.585. The molecule has 10 heavy (non-hydrogen) atoms. The van der Waals surface area contributed by atoms with E-state index in [0.717, 1.165) is 6.42 Å². The molecule has 0 unspecified atom stereocenters. The third kappa shape index (κ3) is 38.1. The summed E-state index contributed by atoms with van der Waals surface area (Å²) < 4.78 is 0. The molecule has 0 aromatic rings. The summed E-state index contributed by atoms with van der Waals surface area (Å²) in [5.74, 6) is 0. The molecular weight excluding hydrogens is 266 g/mol. The van der Waals surface area contributed by atoms with Crippen molar-refractivity contribution >= 4 is 40.8 Å². The van der Waals surface area contributed by atoms with Crippen molar-refractivity contribution in [3.05, 3.63) is 0 Å². The molecule has 0 aromatic heterocycles. The third-order valence-corrected chi connectivity index (χ3v) is 0.636. The summed E-state index contributed by atoms with van der Waals surface area (Å²) in [6.07, 6.45) is 1.35. The van der Waals surface area contributed by atoms with Crippen molar-refractivity contribution in [1.29, 1.82) is 0 Å². The van der Waals surface area contributed by atoms with Crippen molar-refractivity contribution in [2.75, 3.05) is 0 Å². The molecule has 2 N–H and O–H groups in total. The zero-order valence-electron chi connectivity index (χ0n) is 5.71. The van der Waals surface area contributed by atoms with E-state index in [2.05, 4.69) is 5.04 Å². The van der Waals surface area contributed by atoms with Crippen LogP contribution >= 0.6 is 11.6 Å². The Bertz CT molecular complexity index is 70.3. The van der Waals surface area contributed by atoms with Crippen LogP contribution in [0.3, 0.4) is 0 Å². The Morgan fingerprint density at radius 1 is 1.60 bits per heavy atom. The number of carbonyl (C=O) groups excluding carboxylic acids is 1. The average Bonchev–Trinajstić information content (AvgIpc) is 1.67. The molecular formula is C4H11ClO4Sn. The van der Waals surface area contributed by atoms with Gasteiger partial charge in [-0.2, -0.15) is 0 Å². The first-order valence-electron chi connectivity index (χ1n) is 2.32. The van der Waals surface area contributed by atoms with Crippen molar-refractivity contribution in [1.82, 2.24) is 0 Å². The number of carbonyl (C=O) groups is 1. The summed E-state index contributed by atoms with van der Waals surface area (Å²) >= 11 is 4.94. The van der Waals surface area contributed by atoms with E-state index < -0.39 is 0 Å². The van der Waals surface area contributed by atoms with Crippen molar-refractivity contribution in [2.45, 2.75) is 19.8 Å². The van der Waals surface area contributed by atoms with Gasteiger partial charge in [-0.05, 0) is 18.0 Å². The maximum absolute atomic E-state index is 9.81. The van der Waals surface area contributed by atoms with Crippen LogP contribution in [0.2, 0.25) is 0 Å². The molecule has 0 saturated heterocycles. The molecule has 0 aromatic carbocycles. The first-order chi connectivity index (χ1) is 4.18. The van der Waals surface area contributed by atoms with Crippen LogP contribution in [0.1, 0.15) is 19.8 Å². The molecule has 2 radical (unpaired) electrons. The van der Waals surface area contributed by atoms with Crippen LogP contribution in [0.5, 0.6) is 0 Å². The van der Waals surface area contributed by atoms with Gasteiger partial charge in [0.1, 0.15) is 0 Å². The van der Waals surface area contributed by atoms with E-state index >= 15 is 0 Å². The molecule has 0 spiro atoms. The van der Waals surface area contributed by atoms with Gasteiger partial charge < -0.3 is 0 Å². The fraction of sp³-hybridized carbons (Fsp3) is 0.750. The van der Waals surface area contributed by atoms with Crippen LogP contribution in [0.4, 0.5) is 0 Å². The van der Waals surface area contributed by atoms with Gasteiger partial charge in [0.05, 0.1) is 0 Å². The molecule has 4 nitrogen and oxygen atoms in total. The summed E-state index contributed by atoms with van der Waals surface area (Å²) in [6.45, 7) is 1.92. The maximum atomic E-state index is 9.81. The van der Waals surface area contributed by atoms with E-state index in [1.807, 2.05) is 6.92 Å². The molecule has 0 fully saturated rings. The van der Waals surface area contributed by atoms with E-state index in [9.17, 15) is 4.79 Å². The van der Waals surface area contributed by atoms with Gasteiger partial charge in [-0.15, -0.1) is 0 Å². The second-order valence-electron chi connectivity index (χ2n) is 1.19. The van der Waals surface area contributed by atoms with E-state index in [1.165, 1.54) is 0 Å². The molecule has 0 atom stereocenters. The molecule has 0 heterocycles. The standard InChI is InChI=1S/C4H7ClO.H2O3.Sn.2H/c1-2-3-4(5)6;1-3-2;;;/h2-3H2,1H3;1-2H;;;. The Labute approximate surface area is 80.9 Å². The second-order valence-corrected chi connectivity index (χ2v) is 1.61. The quantitative estimate of drug-likeness (QED) is 0.335. The summed E-state index contributed by atoms with van der Waals surface area (Å²) in [4.78, 5) is 9.81. The van der Waals surface area contributed by atoms with Crippen molar-refractivity contribution in [3.63, 3.8) is 0 Å². The van der Waals surface area contributed by atoms with E-state index in [0.29, 0.717) is 6.42 Å². The van der Waals surface area contributed by atoms with Gasteiger partial charge in [0.25, 0.3) is 0 Å². The summed E-state index contributed by atoms with van der Waals surface area (Å²) in [6, 6.07) is 0. The van der Waals surface area contributed by atoms with Gasteiger partial charge in [0.15, 0.2) is 0 Å². The van der Waals surface area contributed by atoms with Gasteiger partial charge in [-0.3, -0.25) is 4.79 Å². The topological polar surface area (TPSA) is 66.8 Å². The predicted molar refractivity (Wildman–Crippen MR) is 40.7 cm³/mol. The fourth-order valence-electron chi connectivity index (χ4n) is 0.197. The number of rotatable bonds is 2. The number of hydrogen-bond acceptors (Lipinski definition) is 4. The van der Waals surface area contributed by atoms with E-state index in [-0.39, 0.29) is 29.2 Å². The van der Waals surface area contributed by atoms with Crippen LogP contribution in [0.15, 0.2) is 0 Å². The van der Waals surface area contributed by atoms with Gasteiger partial charge >= 0.3 is 23.9 Å². The molecule has 0 saturated carbocycles. The van der Waals surface area contributed by atoms with Crippen molar-refractivity contribution < 1.29 is 20.3 Å². The zero-order chi connectivity index (χ0) is 7.70. The molecule has 0 aliphatic rings. The molecule has 0 rings (SSSR count). The second kappa shape index (κ2) is 16.3. The summed E-state index contributed by atoms with van der Waals surface area (Å²) in [5, 5.41) is 15.3. The Kier molecular flexibility index (Phi) is 27.6. The molecule has 0 aliphatic carbocycles. The summed E-state index contributed by atoms with van der Waals surface area (Å²) in [7, 11) is 0. The van der Waals surface area contributed by atoms with Gasteiger partial charge in [-0.25, -0.2) is 10.5 Å². The SMILES string of the molecule is CCCC(=O)Cl.OOO.[SnH2]. The van der Waals surface area contributed by atoms with Gasteiger partial charge in [0, 0.05) is 6.42 Å². The minimum atomic E-state index is -0.238. The van der Waals surface area contributed by atoms with Crippen molar-refractivity contribution in [2.24, 2.45) is 0 Å². The van der Waals surface area contributed by atoms with Crippen LogP contribution in [0.25, 0.3) is 0 Å². The number of hydrogen-bond donors (Lipinski definition) is 2. The normalized spacial score (nSPS) is 6.80. The minimum absolute atomic E-state index is 0. The number of halogens is 1. The Morgan fingerprint density at radius 2 is 1.90 bits per heavy atom. The van der Waals surface area contributed by atoms with Crippen LogP contribution < -0.4 is 0 Å². The zero-order valence-corrected chi connectivity index (χ0v) is 10.5. The molecule has 62 valence electrons. The summed E-state index contributed by atoms with van der Waals surface area (Å²) in [5.41, 5.74) is 0. The first kappa shape index (κ1) is 16.9. The molecule has 6 heteroatoms. The monoisotopic (exact) mass is 278 g/mol. The Morgan fingerprint density at radius 3 is 1.90 bits per heavy atom. The van der Waals surface area contributed by atoms with Crippen LogP contribution in [-0.2, 0) is 9.83 Å². The van der Waals surface area contributed by atoms with Crippen LogP contribution in [0, 0.1) is 0 Å². The van der Waals surface area contributed by atoms with Crippen molar-refractivity contribution in [3.8, 4) is 0 Å².